The van der Waals surface area contributed by atoms with Crippen LogP contribution >= 0.6 is 0 Å². The van der Waals surface area contributed by atoms with E-state index >= 15 is 0 Å². The van der Waals surface area contributed by atoms with Crippen molar-refractivity contribution in [2.45, 2.75) is 12.2 Å². The van der Waals surface area contributed by atoms with Gasteiger partial charge < -0.3 is 21.3 Å². The fraction of sp³-hybridized carbons (Fsp3) is 0.364. The Hall–Kier alpha value is -2.03. The van der Waals surface area contributed by atoms with Gasteiger partial charge in [0.15, 0.2) is 0 Å². The van der Waals surface area contributed by atoms with Gasteiger partial charge in [-0.05, 0) is 18.7 Å². The maximum atomic E-state index is 11.1. The van der Waals surface area contributed by atoms with Crippen molar-refractivity contribution in [1.29, 1.82) is 0 Å². The molecule has 0 heterocycles. The Morgan fingerprint density at radius 3 is 2.58 bits per heavy atom. The number of nitro benzene ring substituents is 1. The van der Waals surface area contributed by atoms with Gasteiger partial charge in [-0.1, -0.05) is 0 Å². The molecule has 8 nitrogen and oxygen atoms in total. The molecule has 0 aliphatic heterocycles. The van der Waals surface area contributed by atoms with E-state index in [1.807, 2.05) is 0 Å². The second kappa shape index (κ2) is 6.23. The first-order chi connectivity index (χ1) is 8.86. The number of aliphatic hydroxyl groups excluding tert-OH is 2. The smallest absolute Gasteiger partial charge is 0.270 e. The molecular formula is C11H15N3O5. The normalized spacial score (nSPS) is 13.8. The second-order valence-electron chi connectivity index (χ2n) is 4.00. The topological polar surface area (TPSA) is 139 Å². The summed E-state index contributed by atoms with van der Waals surface area (Å²) in [7, 11) is 1.58. The van der Waals surface area contributed by atoms with Gasteiger partial charge in [0.05, 0.1) is 11.0 Å². The SMILES string of the molecule is CNCC(O)C(O)c1cc(C(N)=O)cc([N+](=O)[O-])c1. The van der Waals surface area contributed by atoms with Gasteiger partial charge in [-0.3, -0.25) is 14.9 Å². The number of likely N-dealkylation sites (N-methyl/N-ethyl adjacent to an activating group) is 1. The van der Waals surface area contributed by atoms with Crippen molar-refractivity contribution in [2.24, 2.45) is 5.73 Å². The summed E-state index contributed by atoms with van der Waals surface area (Å²) in [6.07, 6.45) is -2.52. The summed E-state index contributed by atoms with van der Waals surface area (Å²) in [6.45, 7) is 0.0930. The summed E-state index contributed by atoms with van der Waals surface area (Å²) in [5.41, 5.74) is 4.66. The third-order valence-corrected chi connectivity index (χ3v) is 2.55. The molecule has 0 aliphatic carbocycles. The molecule has 5 N–H and O–H groups in total. The van der Waals surface area contributed by atoms with E-state index in [0.717, 1.165) is 12.1 Å². The predicted octanol–water partition coefficient (Wildman–Crippen LogP) is -0.693. The first kappa shape index (κ1) is 15.0. The number of nitrogens with one attached hydrogen (secondary N) is 1. The molecule has 2 unspecified atom stereocenters. The summed E-state index contributed by atoms with van der Waals surface area (Å²) in [5, 5.41) is 32.9. The number of nitrogens with zero attached hydrogens (tertiary/aromatic N) is 1. The average Bonchev–Trinajstić information content (AvgIpc) is 2.37. The number of amides is 1. The lowest BCUT2D eigenvalue weighted by atomic mass is 10.0. The third-order valence-electron chi connectivity index (χ3n) is 2.55. The van der Waals surface area contributed by atoms with Crippen LogP contribution in [0.3, 0.4) is 0 Å². The van der Waals surface area contributed by atoms with Crippen LogP contribution in [0.1, 0.15) is 22.0 Å². The van der Waals surface area contributed by atoms with Crippen LogP contribution in [0.25, 0.3) is 0 Å². The maximum Gasteiger partial charge on any atom is 0.270 e. The highest BCUT2D eigenvalue weighted by atomic mass is 16.6. The molecule has 8 heteroatoms. The number of primary amides is 1. The van der Waals surface area contributed by atoms with Crippen molar-refractivity contribution in [3.05, 3.63) is 39.4 Å². The lowest BCUT2D eigenvalue weighted by Crippen LogP contribution is -2.29. The molecule has 0 spiro atoms. The lowest BCUT2D eigenvalue weighted by Gasteiger charge is -2.18. The number of nitrogens with two attached hydrogens (primary N) is 1. The van der Waals surface area contributed by atoms with E-state index in [0.29, 0.717) is 0 Å². The van der Waals surface area contributed by atoms with Gasteiger partial charge in [0, 0.05) is 24.2 Å². The molecular weight excluding hydrogens is 254 g/mol. The van der Waals surface area contributed by atoms with Crippen LogP contribution in [0, 0.1) is 10.1 Å². The fourth-order valence-corrected chi connectivity index (χ4v) is 1.60. The number of benzene rings is 1. The highest BCUT2D eigenvalue weighted by Crippen LogP contribution is 2.24. The number of hydrogen-bond donors (Lipinski definition) is 4. The quantitative estimate of drug-likeness (QED) is 0.398. The number of non-ortho nitro benzene ring substituents is 1. The van der Waals surface area contributed by atoms with E-state index in [4.69, 9.17) is 5.73 Å². The monoisotopic (exact) mass is 269 g/mol. The van der Waals surface area contributed by atoms with Crippen molar-refractivity contribution in [3.8, 4) is 0 Å². The van der Waals surface area contributed by atoms with Crippen LogP contribution in [0.5, 0.6) is 0 Å². The minimum absolute atomic E-state index is 0.0609. The van der Waals surface area contributed by atoms with Crippen molar-refractivity contribution in [2.75, 3.05) is 13.6 Å². The third kappa shape index (κ3) is 3.71. The molecule has 1 rings (SSSR count). The lowest BCUT2D eigenvalue weighted by molar-refractivity contribution is -0.385. The standard InChI is InChI=1S/C11H15N3O5/c1-13-5-9(15)10(16)6-2-7(11(12)17)4-8(3-6)14(18)19/h2-4,9-10,13,15-16H,5H2,1H3,(H2,12,17). The number of aliphatic hydroxyl groups is 2. The van der Waals surface area contributed by atoms with Crippen LogP contribution in [-0.2, 0) is 0 Å². The summed E-state index contributed by atoms with van der Waals surface area (Å²) < 4.78 is 0. The summed E-state index contributed by atoms with van der Waals surface area (Å²) >= 11 is 0. The van der Waals surface area contributed by atoms with Crippen LogP contribution in [0.2, 0.25) is 0 Å². The second-order valence-corrected chi connectivity index (χ2v) is 4.00. The first-order valence-electron chi connectivity index (χ1n) is 5.46. The molecule has 0 saturated carbocycles. The molecule has 0 radical (unpaired) electrons. The van der Waals surface area contributed by atoms with Gasteiger partial charge in [-0.15, -0.1) is 0 Å². The predicted molar refractivity (Wildman–Crippen MR) is 66.5 cm³/mol. The van der Waals surface area contributed by atoms with Gasteiger partial charge in [0.1, 0.15) is 6.10 Å². The molecule has 0 aliphatic rings. The van der Waals surface area contributed by atoms with Crippen LogP contribution < -0.4 is 11.1 Å². The van der Waals surface area contributed by atoms with Crippen molar-refractivity contribution in [3.63, 3.8) is 0 Å². The van der Waals surface area contributed by atoms with E-state index in [-0.39, 0.29) is 23.4 Å². The molecule has 1 aromatic carbocycles. The highest BCUT2D eigenvalue weighted by molar-refractivity contribution is 5.93. The number of nitro groups is 1. The molecule has 0 fully saturated rings. The van der Waals surface area contributed by atoms with E-state index < -0.39 is 23.0 Å². The zero-order valence-electron chi connectivity index (χ0n) is 10.2. The maximum absolute atomic E-state index is 11.1. The Morgan fingerprint density at radius 1 is 1.47 bits per heavy atom. The molecule has 104 valence electrons. The van der Waals surface area contributed by atoms with Crippen LogP contribution in [-0.4, -0.2) is 40.7 Å². The molecule has 2 atom stereocenters. The molecule has 0 bridgehead atoms. The van der Waals surface area contributed by atoms with Crippen LogP contribution in [0.15, 0.2) is 18.2 Å². The van der Waals surface area contributed by atoms with E-state index in [9.17, 15) is 25.1 Å². The fourth-order valence-electron chi connectivity index (χ4n) is 1.60. The summed E-state index contributed by atoms with van der Waals surface area (Å²) in [4.78, 5) is 21.1. The molecule has 0 saturated heterocycles. The van der Waals surface area contributed by atoms with Gasteiger partial charge >= 0.3 is 0 Å². The van der Waals surface area contributed by atoms with Crippen molar-refractivity contribution >= 4 is 11.6 Å². The molecule has 1 aromatic rings. The Balaban J connectivity index is 3.19. The van der Waals surface area contributed by atoms with Gasteiger partial charge in [0.25, 0.3) is 5.69 Å². The Morgan fingerprint density at radius 2 is 2.11 bits per heavy atom. The highest BCUT2D eigenvalue weighted by Gasteiger charge is 2.22. The minimum Gasteiger partial charge on any atom is -0.389 e. The zero-order chi connectivity index (χ0) is 14.6. The molecule has 0 aromatic heterocycles. The zero-order valence-corrected chi connectivity index (χ0v) is 10.2. The van der Waals surface area contributed by atoms with Crippen LogP contribution in [0.4, 0.5) is 5.69 Å². The van der Waals surface area contributed by atoms with Crippen molar-refractivity contribution in [1.82, 2.24) is 5.32 Å². The minimum atomic E-state index is -1.36. The van der Waals surface area contributed by atoms with Gasteiger partial charge in [-0.2, -0.15) is 0 Å². The Kier molecular flexibility index (Phi) is 4.93. The first-order valence-corrected chi connectivity index (χ1v) is 5.46. The van der Waals surface area contributed by atoms with Gasteiger partial charge in [-0.25, -0.2) is 0 Å². The Bertz CT molecular complexity index is 459. The molecule has 19 heavy (non-hydrogen) atoms. The van der Waals surface area contributed by atoms with E-state index in [1.54, 1.807) is 7.05 Å². The van der Waals surface area contributed by atoms with Crippen molar-refractivity contribution < 1.29 is 19.9 Å². The summed E-state index contributed by atoms with van der Waals surface area (Å²) in [5.74, 6) is -0.847. The molecule has 1 amide bonds. The average molecular weight is 269 g/mol. The Labute approximate surface area is 109 Å². The summed E-state index contributed by atoms with van der Waals surface area (Å²) in [6, 6.07) is 3.33. The number of carbonyl (C=O) groups is 1. The van der Waals surface area contributed by atoms with E-state index in [1.165, 1.54) is 6.07 Å². The number of rotatable bonds is 6. The van der Waals surface area contributed by atoms with E-state index in [2.05, 4.69) is 5.32 Å². The van der Waals surface area contributed by atoms with Gasteiger partial charge in [0.2, 0.25) is 5.91 Å². The largest absolute Gasteiger partial charge is 0.389 e. The number of hydrogen-bond acceptors (Lipinski definition) is 6. The number of carbonyl (C=O) groups excluding carboxylic acids is 1.